The highest BCUT2D eigenvalue weighted by Crippen LogP contribution is 2.30. The maximum absolute atomic E-state index is 12.5. The summed E-state index contributed by atoms with van der Waals surface area (Å²) in [7, 11) is -0.442. The van der Waals surface area contributed by atoms with Gasteiger partial charge in [0.15, 0.2) is 11.0 Å². The van der Waals surface area contributed by atoms with Crippen LogP contribution in [0.2, 0.25) is 0 Å². The van der Waals surface area contributed by atoms with Gasteiger partial charge in [-0.1, -0.05) is 24.8 Å². The second-order valence-corrected chi connectivity index (χ2v) is 11.5. The number of rotatable bonds is 9. The predicted molar refractivity (Wildman–Crippen MR) is 129 cm³/mol. The SMILES string of the molecule is CCCn1c(CSc2nnc(-c3cccs3)n2CC)nc2cc(S(=O)(=O)N(C)C)ccc21. The molecule has 4 aromatic rings. The van der Waals surface area contributed by atoms with E-state index in [1.54, 1.807) is 35.2 Å². The van der Waals surface area contributed by atoms with Crippen molar-refractivity contribution in [1.29, 1.82) is 0 Å². The number of hydrogen-bond donors (Lipinski definition) is 0. The summed E-state index contributed by atoms with van der Waals surface area (Å²) in [5.74, 6) is 2.40. The van der Waals surface area contributed by atoms with E-state index in [4.69, 9.17) is 4.98 Å². The summed E-state index contributed by atoms with van der Waals surface area (Å²) in [5.41, 5.74) is 1.63. The molecule has 0 spiro atoms. The van der Waals surface area contributed by atoms with Gasteiger partial charge >= 0.3 is 0 Å². The standard InChI is InChI=1S/C21H26N6O2S3/c1-5-11-27-17-10-9-15(32(28,29)25(3)4)13-16(17)22-19(27)14-31-21-24-23-20(26(21)6-2)18-8-7-12-30-18/h7-10,12-13H,5-6,11,14H2,1-4H3. The topological polar surface area (TPSA) is 85.9 Å². The second-order valence-electron chi connectivity index (χ2n) is 7.43. The number of nitrogens with zero attached hydrogens (tertiary/aromatic N) is 6. The number of fused-ring (bicyclic) bond motifs is 1. The van der Waals surface area contributed by atoms with Crippen LogP contribution in [0.4, 0.5) is 0 Å². The molecule has 32 heavy (non-hydrogen) atoms. The Labute approximate surface area is 196 Å². The lowest BCUT2D eigenvalue weighted by atomic mass is 10.3. The Bertz CT molecular complexity index is 1320. The minimum Gasteiger partial charge on any atom is -0.327 e. The molecule has 0 aliphatic heterocycles. The molecule has 4 rings (SSSR count). The molecule has 0 bridgehead atoms. The summed E-state index contributed by atoms with van der Waals surface area (Å²) in [6.45, 7) is 5.80. The molecular formula is C21H26N6O2S3. The van der Waals surface area contributed by atoms with Crippen molar-refractivity contribution in [2.45, 2.75) is 49.2 Å². The van der Waals surface area contributed by atoms with E-state index in [0.29, 0.717) is 11.3 Å². The number of hydrogen-bond acceptors (Lipinski definition) is 7. The highest BCUT2D eigenvalue weighted by Gasteiger charge is 2.20. The first-order valence-electron chi connectivity index (χ1n) is 10.4. The van der Waals surface area contributed by atoms with Gasteiger partial charge in [0, 0.05) is 27.2 Å². The highest BCUT2D eigenvalue weighted by atomic mass is 32.2. The first kappa shape index (κ1) is 23.0. The van der Waals surface area contributed by atoms with Crippen LogP contribution in [0.25, 0.3) is 21.7 Å². The molecule has 0 unspecified atom stereocenters. The van der Waals surface area contributed by atoms with E-state index in [-0.39, 0.29) is 4.90 Å². The third-order valence-electron chi connectivity index (χ3n) is 5.13. The van der Waals surface area contributed by atoms with Crippen LogP contribution < -0.4 is 0 Å². The molecule has 8 nitrogen and oxygen atoms in total. The van der Waals surface area contributed by atoms with Crippen molar-refractivity contribution in [3.63, 3.8) is 0 Å². The Morgan fingerprint density at radius 2 is 1.94 bits per heavy atom. The molecule has 0 fully saturated rings. The first-order valence-corrected chi connectivity index (χ1v) is 13.7. The van der Waals surface area contributed by atoms with E-state index < -0.39 is 10.0 Å². The van der Waals surface area contributed by atoms with Crippen molar-refractivity contribution in [3.8, 4) is 10.7 Å². The van der Waals surface area contributed by atoms with Crippen LogP contribution in [-0.4, -0.2) is 51.1 Å². The number of aryl methyl sites for hydroxylation is 1. The van der Waals surface area contributed by atoms with Gasteiger partial charge in [0.1, 0.15) is 5.82 Å². The van der Waals surface area contributed by atoms with Crippen LogP contribution in [0.15, 0.2) is 45.8 Å². The summed E-state index contributed by atoms with van der Waals surface area (Å²) in [6.07, 6.45) is 0.953. The van der Waals surface area contributed by atoms with E-state index in [1.165, 1.54) is 18.4 Å². The average Bonchev–Trinajstić information content (AvgIpc) is 3.50. The largest absolute Gasteiger partial charge is 0.327 e. The van der Waals surface area contributed by atoms with Gasteiger partial charge in [-0.2, -0.15) is 0 Å². The lowest BCUT2D eigenvalue weighted by Crippen LogP contribution is -2.22. The van der Waals surface area contributed by atoms with Crippen molar-refractivity contribution in [1.82, 2.24) is 28.6 Å². The fourth-order valence-electron chi connectivity index (χ4n) is 3.51. The van der Waals surface area contributed by atoms with E-state index in [9.17, 15) is 8.42 Å². The van der Waals surface area contributed by atoms with Crippen LogP contribution in [0, 0.1) is 0 Å². The Hall–Kier alpha value is -2.21. The first-order chi connectivity index (χ1) is 15.4. The van der Waals surface area contributed by atoms with Gasteiger partial charge in [-0.15, -0.1) is 21.5 Å². The quantitative estimate of drug-likeness (QED) is 0.325. The van der Waals surface area contributed by atoms with Gasteiger partial charge in [0.2, 0.25) is 10.0 Å². The predicted octanol–water partition coefficient (Wildman–Crippen LogP) is 4.33. The van der Waals surface area contributed by atoms with E-state index in [1.807, 2.05) is 17.5 Å². The van der Waals surface area contributed by atoms with Gasteiger partial charge < -0.3 is 9.13 Å². The molecule has 3 aromatic heterocycles. The van der Waals surface area contributed by atoms with Gasteiger partial charge in [-0.3, -0.25) is 0 Å². The third kappa shape index (κ3) is 4.21. The van der Waals surface area contributed by atoms with E-state index in [2.05, 4.69) is 39.2 Å². The van der Waals surface area contributed by atoms with Crippen LogP contribution in [-0.2, 0) is 28.9 Å². The average molecular weight is 491 g/mol. The van der Waals surface area contributed by atoms with Crippen molar-refractivity contribution >= 4 is 44.2 Å². The van der Waals surface area contributed by atoms with Crippen molar-refractivity contribution < 1.29 is 8.42 Å². The van der Waals surface area contributed by atoms with Crippen molar-refractivity contribution in [2.24, 2.45) is 0 Å². The summed E-state index contributed by atoms with van der Waals surface area (Å²) in [4.78, 5) is 6.14. The molecule has 0 amide bonds. The molecule has 0 saturated carbocycles. The molecule has 0 radical (unpaired) electrons. The molecule has 1 aromatic carbocycles. The molecule has 11 heteroatoms. The molecule has 170 valence electrons. The number of thioether (sulfide) groups is 1. The van der Waals surface area contributed by atoms with Gasteiger partial charge in [-0.25, -0.2) is 17.7 Å². The van der Waals surface area contributed by atoms with Gasteiger partial charge in [-0.05, 0) is 43.0 Å². The summed E-state index contributed by atoms with van der Waals surface area (Å²) >= 11 is 3.25. The normalized spacial score (nSPS) is 12.3. The van der Waals surface area contributed by atoms with E-state index >= 15 is 0 Å². The van der Waals surface area contributed by atoms with Crippen LogP contribution in [0.3, 0.4) is 0 Å². The molecular weight excluding hydrogens is 464 g/mol. The maximum Gasteiger partial charge on any atom is 0.242 e. The number of benzene rings is 1. The Balaban J connectivity index is 1.66. The molecule has 0 aliphatic carbocycles. The van der Waals surface area contributed by atoms with Crippen LogP contribution in [0.1, 0.15) is 26.1 Å². The molecule has 0 saturated heterocycles. The third-order valence-corrected chi connectivity index (χ3v) is 8.77. The van der Waals surface area contributed by atoms with E-state index in [0.717, 1.165) is 46.7 Å². The number of thiophene rings is 1. The lowest BCUT2D eigenvalue weighted by molar-refractivity contribution is 0.521. The Morgan fingerprint density at radius 3 is 2.59 bits per heavy atom. The molecule has 3 heterocycles. The zero-order valence-corrected chi connectivity index (χ0v) is 21.0. The minimum absolute atomic E-state index is 0.252. The van der Waals surface area contributed by atoms with Crippen LogP contribution >= 0.6 is 23.1 Å². The van der Waals surface area contributed by atoms with Crippen LogP contribution in [0.5, 0.6) is 0 Å². The van der Waals surface area contributed by atoms with Gasteiger partial charge in [0.25, 0.3) is 0 Å². The summed E-state index contributed by atoms with van der Waals surface area (Å²) in [5, 5.41) is 11.7. The lowest BCUT2D eigenvalue weighted by Gasteiger charge is -2.11. The summed E-state index contributed by atoms with van der Waals surface area (Å²) in [6, 6.07) is 9.23. The zero-order valence-electron chi connectivity index (χ0n) is 18.5. The zero-order chi connectivity index (χ0) is 22.9. The Kier molecular flexibility index (Phi) is 6.70. The number of aromatic nitrogens is 5. The maximum atomic E-state index is 12.5. The molecule has 0 aliphatic rings. The number of imidazole rings is 1. The molecule has 0 atom stereocenters. The monoisotopic (exact) mass is 490 g/mol. The fraction of sp³-hybridized carbons (Fsp3) is 0.381. The van der Waals surface area contributed by atoms with Gasteiger partial charge in [0.05, 0.1) is 26.6 Å². The minimum atomic E-state index is -3.51. The smallest absolute Gasteiger partial charge is 0.242 e. The van der Waals surface area contributed by atoms with Crippen molar-refractivity contribution in [3.05, 3.63) is 41.5 Å². The Morgan fingerprint density at radius 1 is 1.12 bits per heavy atom. The molecule has 0 N–H and O–H groups in total. The highest BCUT2D eigenvalue weighted by molar-refractivity contribution is 7.98. The number of sulfonamides is 1. The van der Waals surface area contributed by atoms with Crippen molar-refractivity contribution in [2.75, 3.05) is 14.1 Å². The fourth-order valence-corrected chi connectivity index (χ4v) is 6.10. The second kappa shape index (κ2) is 9.34. The summed E-state index contributed by atoms with van der Waals surface area (Å²) < 4.78 is 30.6.